The molecule has 0 bridgehead atoms. The highest BCUT2D eigenvalue weighted by Gasteiger charge is 2.15. The van der Waals surface area contributed by atoms with Gasteiger partial charge in [-0.25, -0.2) is 0 Å². The molecule has 0 atom stereocenters. The molecule has 0 fully saturated rings. The lowest BCUT2D eigenvalue weighted by molar-refractivity contribution is 0.627. The van der Waals surface area contributed by atoms with Gasteiger partial charge < -0.3 is 9.13 Å². The molecular formula is C7H20N2Si2. The topological polar surface area (TPSA) is 6.48 Å². The summed E-state index contributed by atoms with van der Waals surface area (Å²) in [7, 11) is 8.35. The average Bonchev–Trinajstić information content (AvgIpc) is 1.87. The fourth-order valence-electron chi connectivity index (χ4n) is 0.686. The van der Waals surface area contributed by atoms with Crippen molar-refractivity contribution in [3.05, 3.63) is 0 Å². The molecule has 2 radical (unpaired) electrons. The zero-order chi connectivity index (χ0) is 9.02. The van der Waals surface area contributed by atoms with Crippen LogP contribution in [-0.4, -0.2) is 55.2 Å². The molecule has 4 heteroatoms. The van der Waals surface area contributed by atoms with Crippen LogP contribution in [0.15, 0.2) is 0 Å². The minimum atomic E-state index is -0.213. The molecule has 0 aliphatic heterocycles. The molecule has 0 aromatic heterocycles. The second-order valence-electron chi connectivity index (χ2n) is 3.44. The van der Waals surface area contributed by atoms with Crippen LogP contribution in [0.5, 0.6) is 0 Å². The van der Waals surface area contributed by atoms with Gasteiger partial charge in [-0.1, -0.05) is 13.1 Å². The Kier molecular flexibility index (Phi) is 5.24. The van der Waals surface area contributed by atoms with Crippen molar-refractivity contribution in [2.75, 3.05) is 28.2 Å². The van der Waals surface area contributed by atoms with Gasteiger partial charge in [-0.3, -0.25) is 0 Å². The summed E-state index contributed by atoms with van der Waals surface area (Å²) in [5.41, 5.74) is 1.44. The van der Waals surface area contributed by atoms with E-state index in [1.807, 2.05) is 0 Å². The van der Waals surface area contributed by atoms with Crippen molar-refractivity contribution in [3.63, 3.8) is 0 Å². The van der Waals surface area contributed by atoms with Crippen molar-refractivity contribution in [3.8, 4) is 0 Å². The van der Waals surface area contributed by atoms with E-state index in [1.165, 1.54) is 5.67 Å². The Morgan fingerprint density at radius 1 is 0.818 bits per heavy atom. The Hall–Kier alpha value is 0.354. The van der Waals surface area contributed by atoms with Gasteiger partial charge >= 0.3 is 0 Å². The predicted octanol–water partition coefficient (Wildman–Crippen LogP) is 0.891. The third kappa shape index (κ3) is 4.73. The second kappa shape index (κ2) is 5.08. The van der Waals surface area contributed by atoms with Crippen molar-refractivity contribution in [2.24, 2.45) is 0 Å². The van der Waals surface area contributed by atoms with Crippen molar-refractivity contribution in [1.82, 2.24) is 9.13 Å². The van der Waals surface area contributed by atoms with Crippen LogP contribution in [0.3, 0.4) is 0 Å². The molecule has 0 aromatic rings. The highest BCUT2D eigenvalue weighted by molar-refractivity contribution is 6.73. The molecule has 0 aliphatic rings. The minimum absolute atomic E-state index is 0.213. The largest absolute Gasteiger partial charge is 0.330 e. The molecule has 0 aliphatic carbocycles. The maximum atomic E-state index is 2.39. The first-order chi connectivity index (χ1) is 4.95. The third-order valence-corrected chi connectivity index (χ3v) is 9.19. The van der Waals surface area contributed by atoms with E-state index >= 15 is 0 Å². The van der Waals surface area contributed by atoms with Crippen molar-refractivity contribution in [2.45, 2.75) is 18.8 Å². The first-order valence-corrected chi connectivity index (χ1v) is 8.25. The Bertz CT molecular complexity index is 94.6. The SMILES string of the molecule is CN(C)[Si](C)C[Si](C)N(C)C. The highest BCUT2D eigenvalue weighted by atomic mass is 28.3. The minimum Gasteiger partial charge on any atom is -0.330 e. The summed E-state index contributed by atoms with van der Waals surface area (Å²) < 4.78 is 4.78. The van der Waals surface area contributed by atoms with Crippen LogP contribution < -0.4 is 0 Å². The van der Waals surface area contributed by atoms with E-state index in [4.69, 9.17) is 0 Å². The second-order valence-corrected chi connectivity index (χ2v) is 9.58. The van der Waals surface area contributed by atoms with Crippen LogP contribution in [-0.2, 0) is 0 Å². The van der Waals surface area contributed by atoms with E-state index in [2.05, 4.69) is 50.4 Å². The maximum Gasteiger partial charge on any atom is 0.130 e. The third-order valence-electron chi connectivity index (χ3n) is 2.04. The summed E-state index contributed by atoms with van der Waals surface area (Å²) in [6, 6.07) is 0. The summed E-state index contributed by atoms with van der Waals surface area (Å²) >= 11 is 0. The molecule has 2 nitrogen and oxygen atoms in total. The molecule has 0 amide bonds. The van der Waals surface area contributed by atoms with E-state index < -0.39 is 0 Å². The van der Waals surface area contributed by atoms with Crippen molar-refractivity contribution in [1.29, 1.82) is 0 Å². The van der Waals surface area contributed by atoms with Crippen LogP contribution in [0, 0.1) is 0 Å². The predicted molar refractivity (Wildman–Crippen MR) is 55.4 cm³/mol. The highest BCUT2D eigenvalue weighted by Crippen LogP contribution is 2.01. The first-order valence-electron chi connectivity index (χ1n) is 3.94. The summed E-state index contributed by atoms with van der Waals surface area (Å²) in [5.74, 6) is 0. The Morgan fingerprint density at radius 3 is 1.27 bits per heavy atom. The quantitative estimate of drug-likeness (QED) is 0.605. The van der Waals surface area contributed by atoms with Crippen LogP contribution >= 0.6 is 0 Å². The van der Waals surface area contributed by atoms with Crippen LogP contribution in [0.25, 0.3) is 0 Å². The lowest BCUT2D eigenvalue weighted by Gasteiger charge is -2.23. The summed E-state index contributed by atoms with van der Waals surface area (Å²) in [6.07, 6.45) is 0. The van der Waals surface area contributed by atoms with E-state index in [-0.39, 0.29) is 17.9 Å². The number of nitrogens with zero attached hydrogens (tertiary/aromatic N) is 2. The number of rotatable bonds is 4. The van der Waals surface area contributed by atoms with Crippen LogP contribution in [0.4, 0.5) is 0 Å². The Balaban J connectivity index is 3.66. The Morgan fingerprint density at radius 2 is 1.09 bits per heavy atom. The molecule has 0 aromatic carbocycles. The van der Waals surface area contributed by atoms with E-state index in [1.54, 1.807) is 0 Å². The van der Waals surface area contributed by atoms with Crippen molar-refractivity contribution < 1.29 is 0 Å². The van der Waals surface area contributed by atoms with Gasteiger partial charge in [0.2, 0.25) is 0 Å². The standard InChI is InChI=1S/C7H20N2Si2/c1-8(2)10(5)7-11(6)9(3)4/h7H2,1-6H3. The molecule has 0 spiro atoms. The first kappa shape index (κ1) is 11.4. The smallest absolute Gasteiger partial charge is 0.130 e. The van der Waals surface area contributed by atoms with Gasteiger partial charge in [-0.05, 0) is 33.9 Å². The van der Waals surface area contributed by atoms with Gasteiger partial charge in [0.1, 0.15) is 17.9 Å². The van der Waals surface area contributed by atoms with Gasteiger partial charge in [0.05, 0.1) is 0 Å². The van der Waals surface area contributed by atoms with Gasteiger partial charge in [0, 0.05) is 0 Å². The van der Waals surface area contributed by atoms with Gasteiger partial charge in [-0.15, -0.1) is 0 Å². The molecular weight excluding hydrogens is 168 g/mol. The zero-order valence-electron chi connectivity index (χ0n) is 8.60. The fourth-order valence-corrected chi connectivity index (χ4v) is 6.18. The Labute approximate surface area is 74.6 Å². The van der Waals surface area contributed by atoms with Gasteiger partial charge in [0.15, 0.2) is 0 Å². The summed E-state index contributed by atoms with van der Waals surface area (Å²) in [5, 5.41) is 0. The molecule has 0 saturated heterocycles. The molecule has 0 unspecified atom stereocenters. The number of hydrogen-bond donors (Lipinski definition) is 0. The summed E-state index contributed by atoms with van der Waals surface area (Å²) in [6.45, 7) is 4.78. The monoisotopic (exact) mass is 188 g/mol. The molecule has 66 valence electrons. The number of hydrogen-bond acceptors (Lipinski definition) is 2. The molecule has 0 rings (SSSR count). The van der Waals surface area contributed by atoms with Crippen LogP contribution in [0.2, 0.25) is 18.8 Å². The normalized spacial score (nSPS) is 12.5. The van der Waals surface area contributed by atoms with Crippen LogP contribution in [0.1, 0.15) is 0 Å². The average molecular weight is 188 g/mol. The molecule has 0 heterocycles. The maximum absolute atomic E-state index is 2.39. The lowest BCUT2D eigenvalue weighted by Crippen LogP contribution is -2.39. The lowest BCUT2D eigenvalue weighted by atomic mass is 11.3. The molecule has 0 saturated carbocycles. The van der Waals surface area contributed by atoms with E-state index in [0.717, 1.165) is 0 Å². The zero-order valence-corrected chi connectivity index (χ0v) is 10.6. The van der Waals surface area contributed by atoms with E-state index in [9.17, 15) is 0 Å². The fraction of sp³-hybridized carbons (Fsp3) is 1.00. The van der Waals surface area contributed by atoms with Gasteiger partial charge in [-0.2, -0.15) is 0 Å². The molecule has 11 heavy (non-hydrogen) atoms. The van der Waals surface area contributed by atoms with E-state index in [0.29, 0.717) is 0 Å². The molecule has 0 N–H and O–H groups in total. The van der Waals surface area contributed by atoms with Gasteiger partial charge in [0.25, 0.3) is 0 Å². The van der Waals surface area contributed by atoms with Crippen molar-refractivity contribution >= 4 is 17.9 Å². The summed E-state index contributed by atoms with van der Waals surface area (Å²) in [4.78, 5) is 0.